The molecule has 2 aromatic rings. The van der Waals surface area contributed by atoms with Gasteiger partial charge in [-0.2, -0.15) is 0 Å². The number of nitrogen functional groups attached to an aromatic ring is 1. The van der Waals surface area contributed by atoms with Gasteiger partial charge in [0.2, 0.25) is 0 Å². The molecule has 2 N–H and O–H groups in total. The Kier molecular flexibility index (Phi) is 3.46. The van der Waals surface area contributed by atoms with E-state index < -0.39 is 11.6 Å². The predicted octanol–water partition coefficient (Wildman–Crippen LogP) is 3.43. The first-order valence-electron chi connectivity index (χ1n) is 5.49. The van der Waals surface area contributed by atoms with Crippen LogP contribution >= 0.6 is 0 Å². The monoisotopic (exact) mass is 249 g/mol. The average molecular weight is 249 g/mol. The Bertz CT molecular complexity index is 570. The summed E-state index contributed by atoms with van der Waals surface area (Å²) in [6.07, 6.45) is 0. The maximum absolute atomic E-state index is 13.4. The number of rotatable bonds is 3. The number of hydrogen-bond donors (Lipinski definition) is 1. The summed E-state index contributed by atoms with van der Waals surface area (Å²) < 4.78 is 31.5. The number of aryl methyl sites for hydroxylation is 1. The molecular weight excluding hydrogens is 236 g/mol. The first kappa shape index (κ1) is 12.4. The molecule has 0 aliphatic carbocycles. The number of anilines is 1. The molecule has 18 heavy (non-hydrogen) atoms. The second kappa shape index (κ2) is 5.04. The van der Waals surface area contributed by atoms with E-state index >= 15 is 0 Å². The molecule has 2 nitrogen and oxygen atoms in total. The molecular formula is C14H13F2NO. The summed E-state index contributed by atoms with van der Waals surface area (Å²) in [5.41, 5.74) is 7.61. The molecule has 0 aliphatic heterocycles. The van der Waals surface area contributed by atoms with Crippen molar-refractivity contribution in [2.24, 2.45) is 0 Å². The van der Waals surface area contributed by atoms with E-state index in [1.807, 2.05) is 13.0 Å². The summed E-state index contributed by atoms with van der Waals surface area (Å²) >= 11 is 0. The van der Waals surface area contributed by atoms with Crippen LogP contribution in [0.3, 0.4) is 0 Å². The zero-order valence-electron chi connectivity index (χ0n) is 9.91. The third-order valence-electron chi connectivity index (χ3n) is 2.66. The summed E-state index contributed by atoms with van der Waals surface area (Å²) in [6.45, 7) is 1.92. The van der Waals surface area contributed by atoms with Crippen LogP contribution < -0.4 is 10.5 Å². The van der Waals surface area contributed by atoms with Crippen molar-refractivity contribution >= 4 is 5.69 Å². The van der Waals surface area contributed by atoms with E-state index in [9.17, 15) is 8.78 Å². The van der Waals surface area contributed by atoms with Crippen LogP contribution in [-0.2, 0) is 6.61 Å². The van der Waals surface area contributed by atoms with Gasteiger partial charge < -0.3 is 10.5 Å². The van der Waals surface area contributed by atoms with E-state index in [0.29, 0.717) is 17.0 Å². The molecule has 0 heterocycles. The first-order chi connectivity index (χ1) is 8.56. The van der Waals surface area contributed by atoms with Crippen molar-refractivity contribution in [2.45, 2.75) is 13.5 Å². The zero-order valence-corrected chi connectivity index (χ0v) is 9.91. The van der Waals surface area contributed by atoms with Crippen LogP contribution in [0.2, 0.25) is 0 Å². The van der Waals surface area contributed by atoms with Gasteiger partial charge >= 0.3 is 0 Å². The highest BCUT2D eigenvalue weighted by molar-refractivity contribution is 5.50. The van der Waals surface area contributed by atoms with Crippen LogP contribution in [-0.4, -0.2) is 0 Å². The molecule has 0 spiro atoms. The predicted molar refractivity (Wildman–Crippen MR) is 66.3 cm³/mol. The Hall–Kier alpha value is -2.10. The number of ether oxygens (including phenoxy) is 1. The average Bonchev–Trinajstić information content (AvgIpc) is 2.32. The van der Waals surface area contributed by atoms with Gasteiger partial charge in [0.15, 0.2) is 0 Å². The van der Waals surface area contributed by atoms with Gasteiger partial charge in [-0.1, -0.05) is 6.07 Å². The zero-order chi connectivity index (χ0) is 13.1. The Labute approximate surface area is 104 Å². The number of nitrogens with two attached hydrogens (primary N) is 1. The largest absolute Gasteiger partial charge is 0.489 e. The van der Waals surface area contributed by atoms with Crippen molar-refractivity contribution < 1.29 is 13.5 Å². The Balaban J connectivity index is 2.09. The maximum Gasteiger partial charge on any atom is 0.132 e. The highest BCUT2D eigenvalue weighted by Gasteiger charge is 2.05. The van der Waals surface area contributed by atoms with Crippen LogP contribution in [0.4, 0.5) is 14.5 Å². The van der Waals surface area contributed by atoms with E-state index in [1.54, 1.807) is 12.1 Å². The molecule has 0 fully saturated rings. The fourth-order valence-corrected chi connectivity index (χ4v) is 1.51. The molecule has 0 aliphatic rings. The van der Waals surface area contributed by atoms with E-state index in [1.165, 1.54) is 12.1 Å². The number of halogens is 2. The van der Waals surface area contributed by atoms with Crippen molar-refractivity contribution in [3.05, 3.63) is 59.2 Å². The highest BCUT2D eigenvalue weighted by Crippen LogP contribution is 2.20. The van der Waals surface area contributed by atoms with Gasteiger partial charge in [-0.15, -0.1) is 0 Å². The molecule has 0 aromatic heterocycles. The molecule has 94 valence electrons. The summed E-state index contributed by atoms with van der Waals surface area (Å²) in [4.78, 5) is 0. The third-order valence-corrected chi connectivity index (χ3v) is 2.66. The summed E-state index contributed by atoms with van der Waals surface area (Å²) in [5.74, 6) is -0.660. The lowest BCUT2D eigenvalue weighted by Crippen LogP contribution is -2.00. The topological polar surface area (TPSA) is 35.2 Å². The quantitative estimate of drug-likeness (QED) is 0.846. The van der Waals surface area contributed by atoms with Crippen LogP contribution in [0, 0.1) is 18.6 Å². The van der Waals surface area contributed by atoms with Crippen molar-refractivity contribution in [1.29, 1.82) is 0 Å². The molecule has 2 aromatic carbocycles. The van der Waals surface area contributed by atoms with Gasteiger partial charge in [0.1, 0.15) is 24.0 Å². The molecule has 0 saturated heterocycles. The Morgan fingerprint density at radius 1 is 1.11 bits per heavy atom. The molecule has 4 heteroatoms. The standard InChI is InChI=1S/C14H13F2NO/c1-9-2-5-12(7-14(9)17)18-8-10-3-4-11(15)6-13(10)16/h2-7H,8,17H2,1H3. The normalized spacial score (nSPS) is 10.4. The van der Waals surface area contributed by atoms with Gasteiger partial charge in [-0.3, -0.25) is 0 Å². The van der Waals surface area contributed by atoms with Gasteiger partial charge in [-0.05, 0) is 30.7 Å². The van der Waals surface area contributed by atoms with Crippen LogP contribution in [0.5, 0.6) is 5.75 Å². The van der Waals surface area contributed by atoms with Crippen LogP contribution in [0.1, 0.15) is 11.1 Å². The lowest BCUT2D eigenvalue weighted by molar-refractivity contribution is 0.299. The fourth-order valence-electron chi connectivity index (χ4n) is 1.51. The van der Waals surface area contributed by atoms with E-state index in [-0.39, 0.29) is 6.61 Å². The van der Waals surface area contributed by atoms with E-state index in [0.717, 1.165) is 11.6 Å². The number of hydrogen-bond acceptors (Lipinski definition) is 2. The van der Waals surface area contributed by atoms with Crippen LogP contribution in [0.15, 0.2) is 36.4 Å². The minimum atomic E-state index is -0.616. The second-order valence-corrected chi connectivity index (χ2v) is 4.04. The van der Waals surface area contributed by atoms with Gasteiger partial charge in [0.05, 0.1) is 0 Å². The summed E-state index contributed by atoms with van der Waals surface area (Å²) in [7, 11) is 0. The third kappa shape index (κ3) is 2.77. The first-order valence-corrected chi connectivity index (χ1v) is 5.49. The van der Waals surface area contributed by atoms with Crippen molar-refractivity contribution in [2.75, 3.05) is 5.73 Å². The molecule has 0 radical (unpaired) electrons. The van der Waals surface area contributed by atoms with Crippen molar-refractivity contribution in [1.82, 2.24) is 0 Å². The molecule has 0 saturated carbocycles. The SMILES string of the molecule is Cc1ccc(OCc2ccc(F)cc2F)cc1N. The maximum atomic E-state index is 13.4. The lowest BCUT2D eigenvalue weighted by Gasteiger charge is -2.09. The molecule has 2 rings (SSSR count). The second-order valence-electron chi connectivity index (χ2n) is 4.04. The van der Waals surface area contributed by atoms with Gasteiger partial charge in [0.25, 0.3) is 0 Å². The fraction of sp³-hybridized carbons (Fsp3) is 0.143. The Morgan fingerprint density at radius 2 is 1.89 bits per heavy atom. The summed E-state index contributed by atoms with van der Waals surface area (Å²) in [5, 5.41) is 0. The molecule has 0 unspecified atom stereocenters. The molecule has 0 atom stereocenters. The minimum Gasteiger partial charge on any atom is -0.489 e. The minimum absolute atomic E-state index is 0.0363. The smallest absolute Gasteiger partial charge is 0.132 e. The highest BCUT2D eigenvalue weighted by atomic mass is 19.1. The Morgan fingerprint density at radius 3 is 2.56 bits per heavy atom. The molecule has 0 bridgehead atoms. The lowest BCUT2D eigenvalue weighted by atomic mass is 10.2. The van der Waals surface area contributed by atoms with Crippen molar-refractivity contribution in [3.63, 3.8) is 0 Å². The van der Waals surface area contributed by atoms with E-state index in [2.05, 4.69) is 0 Å². The van der Waals surface area contributed by atoms with E-state index in [4.69, 9.17) is 10.5 Å². The van der Waals surface area contributed by atoms with Crippen molar-refractivity contribution in [3.8, 4) is 5.75 Å². The van der Waals surface area contributed by atoms with Gasteiger partial charge in [-0.25, -0.2) is 8.78 Å². The summed E-state index contributed by atoms with van der Waals surface area (Å²) in [6, 6.07) is 8.66. The molecule has 0 amide bonds. The van der Waals surface area contributed by atoms with Gasteiger partial charge in [0, 0.05) is 23.4 Å². The van der Waals surface area contributed by atoms with Crippen LogP contribution in [0.25, 0.3) is 0 Å². The number of benzene rings is 2.